The van der Waals surface area contributed by atoms with Gasteiger partial charge in [-0.1, -0.05) is 25.5 Å². The first-order valence-electron chi connectivity index (χ1n) is 9.71. The monoisotopic (exact) mass is 336 g/mol. The van der Waals surface area contributed by atoms with Gasteiger partial charge in [0.15, 0.2) is 0 Å². The summed E-state index contributed by atoms with van der Waals surface area (Å²) < 4.78 is 11.9. The summed E-state index contributed by atoms with van der Waals surface area (Å²) in [6.07, 6.45) is 6.81. The highest BCUT2D eigenvalue weighted by molar-refractivity contribution is 5.65. The van der Waals surface area contributed by atoms with Gasteiger partial charge < -0.3 is 14.4 Å². The first-order chi connectivity index (χ1) is 11.4. The smallest absolute Gasteiger partial charge is 0.302 e. The van der Waals surface area contributed by atoms with Crippen LogP contribution in [0.15, 0.2) is 11.6 Å². The van der Waals surface area contributed by atoms with Crippen molar-refractivity contribution >= 4 is 5.97 Å². The van der Waals surface area contributed by atoms with E-state index in [1.165, 1.54) is 44.8 Å². The van der Waals surface area contributed by atoms with Gasteiger partial charge in [-0.2, -0.15) is 0 Å². The summed E-state index contributed by atoms with van der Waals surface area (Å²) in [5.74, 6) is 1.14. The number of allylic oxidation sites excluding steroid dienone is 1. The van der Waals surface area contributed by atoms with Crippen LogP contribution < -0.4 is 4.90 Å². The van der Waals surface area contributed by atoms with E-state index in [1.54, 1.807) is 4.90 Å². The second-order valence-corrected chi connectivity index (χ2v) is 8.39. The van der Waals surface area contributed by atoms with Crippen molar-refractivity contribution in [3.63, 3.8) is 0 Å². The largest absolute Gasteiger partial charge is 0.465 e. The van der Waals surface area contributed by atoms with Gasteiger partial charge in [0, 0.05) is 18.3 Å². The summed E-state index contributed by atoms with van der Waals surface area (Å²) >= 11 is 0. The molecule has 2 bridgehead atoms. The Bertz CT molecular complexity index is 497. The number of esters is 1. The number of ether oxygens (including phenoxy) is 2. The molecule has 0 aromatic heterocycles. The summed E-state index contributed by atoms with van der Waals surface area (Å²) in [4.78, 5) is 13.1. The first-order valence-corrected chi connectivity index (χ1v) is 9.71. The minimum absolute atomic E-state index is 0.0659. The minimum atomic E-state index is -0.188. The van der Waals surface area contributed by atoms with Crippen LogP contribution in [0.5, 0.6) is 0 Å². The van der Waals surface area contributed by atoms with Crippen LogP contribution in [-0.2, 0) is 14.3 Å². The van der Waals surface area contributed by atoms with Crippen LogP contribution in [0.1, 0.15) is 47.0 Å². The van der Waals surface area contributed by atoms with Crippen LogP contribution >= 0.6 is 0 Å². The molecule has 0 spiro atoms. The second-order valence-electron chi connectivity index (χ2n) is 8.39. The van der Waals surface area contributed by atoms with E-state index >= 15 is 0 Å². The highest BCUT2D eigenvalue weighted by Gasteiger charge is 2.54. The Morgan fingerprint density at radius 3 is 2.71 bits per heavy atom. The van der Waals surface area contributed by atoms with E-state index in [4.69, 9.17) is 9.47 Å². The maximum absolute atomic E-state index is 11.4. The highest BCUT2D eigenvalue weighted by atomic mass is 16.5. The number of quaternary nitrogens is 1. The first kappa shape index (κ1) is 17.9. The summed E-state index contributed by atoms with van der Waals surface area (Å²) in [7, 11) is 0. The lowest BCUT2D eigenvalue weighted by Crippen LogP contribution is -3.14. The lowest BCUT2D eigenvalue weighted by molar-refractivity contribution is -0.908. The minimum Gasteiger partial charge on any atom is -0.465 e. The molecule has 4 heteroatoms. The van der Waals surface area contributed by atoms with Crippen molar-refractivity contribution in [3.05, 3.63) is 11.6 Å². The number of carbonyl (C=O) groups is 1. The van der Waals surface area contributed by atoms with Gasteiger partial charge in [-0.3, -0.25) is 4.79 Å². The zero-order valence-electron chi connectivity index (χ0n) is 15.8. The van der Waals surface area contributed by atoms with Gasteiger partial charge in [0.1, 0.15) is 12.6 Å². The third kappa shape index (κ3) is 3.28. The van der Waals surface area contributed by atoms with Gasteiger partial charge >= 0.3 is 5.97 Å². The molecule has 4 nitrogen and oxygen atoms in total. The second kappa shape index (κ2) is 7.17. The van der Waals surface area contributed by atoms with Gasteiger partial charge in [0.2, 0.25) is 0 Å². The molecule has 0 radical (unpaired) electrons. The van der Waals surface area contributed by atoms with Crippen LogP contribution in [0.3, 0.4) is 0 Å². The zero-order valence-corrected chi connectivity index (χ0v) is 15.8. The Balaban J connectivity index is 1.77. The molecule has 2 fully saturated rings. The van der Waals surface area contributed by atoms with Crippen molar-refractivity contribution in [1.82, 2.24) is 0 Å². The van der Waals surface area contributed by atoms with Gasteiger partial charge in [-0.05, 0) is 38.0 Å². The van der Waals surface area contributed by atoms with E-state index in [-0.39, 0.29) is 11.4 Å². The molecule has 0 unspecified atom stereocenters. The lowest BCUT2D eigenvalue weighted by atomic mass is 9.56. The molecule has 0 aromatic carbocycles. The van der Waals surface area contributed by atoms with Crippen LogP contribution in [0.4, 0.5) is 0 Å². The van der Waals surface area contributed by atoms with Gasteiger partial charge in [-0.15, -0.1) is 0 Å². The van der Waals surface area contributed by atoms with E-state index in [0.29, 0.717) is 37.1 Å². The van der Waals surface area contributed by atoms with Gasteiger partial charge in [-0.25, -0.2) is 0 Å². The van der Waals surface area contributed by atoms with Crippen molar-refractivity contribution in [2.45, 2.75) is 53.1 Å². The SMILES string of the molecule is CC(=O)OC[C@]12CO[C@@H](C[NH+]3CCCCC3)[C@@H](C(C)=C[C@@H]1C)[C@H]2C. The topological polar surface area (TPSA) is 40.0 Å². The number of rotatable bonds is 4. The van der Waals surface area contributed by atoms with E-state index in [0.717, 1.165) is 6.54 Å². The number of hydrogen-bond acceptors (Lipinski definition) is 3. The van der Waals surface area contributed by atoms with Crippen molar-refractivity contribution in [2.24, 2.45) is 23.2 Å². The van der Waals surface area contributed by atoms with E-state index in [1.807, 2.05) is 0 Å². The molecule has 2 aliphatic heterocycles. The number of nitrogens with one attached hydrogen (secondary N) is 1. The van der Waals surface area contributed by atoms with Gasteiger partial charge in [0.05, 0.1) is 26.3 Å². The Morgan fingerprint density at radius 2 is 2.04 bits per heavy atom. The fourth-order valence-corrected chi connectivity index (χ4v) is 5.35. The zero-order chi connectivity index (χ0) is 17.3. The quantitative estimate of drug-likeness (QED) is 0.629. The van der Waals surface area contributed by atoms with E-state index in [9.17, 15) is 4.79 Å². The Hall–Kier alpha value is -0.870. The van der Waals surface area contributed by atoms with Crippen molar-refractivity contribution in [3.8, 4) is 0 Å². The molecule has 1 N–H and O–H groups in total. The molecule has 2 heterocycles. The van der Waals surface area contributed by atoms with Gasteiger partial charge in [0.25, 0.3) is 0 Å². The van der Waals surface area contributed by atoms with Crippen molar-refractivity contribution in [1.29, 1.82) is 0 Å². The average Bonchev–Trinajstić information content (AvgIpc) is 2.54. The standard InChI is InChI=1S/C20H33NO3/c1-14-10-15(2)20(12-23-17(4)22)13-24-18(19(14)16(20)3)11-21-8-6-5-7-9-21/h10,15-16,18-19H,5-9,11-13H2,1-4H3/p+1/t15-,16+,18-,19-,20-/m0/s1. The Kier molecular flexibility index (Phi) is 5.36. The molecule has 3 rings (SSSR count). The highest BCUT2D eigenvalue weighted by Crippen LogP contribution is 2.52. The molecule has 0 amide bonds. The molecule has 3 aliphatic rings. The van der Waals surface area contributed by atoms with Crippen molar-refractivity contribution < 1.29 is 19.2 Å². The molecule has 24 heavy (non-hydrogen) atoms. The number of fused-ring (bicyclic) bond motifs is 2. The predicted octanol–water partition coefficient (Wildman–Crippen LogP) is 1.85. The molecule has 136 valence electrons. The molecular weight excluding hydrogens is 302 g/mol. The molecule has 2 saturated heterocycles. The molecule has 1 aliphatic carbocycles. The Labute approximate surface area is 146 Å². The maximum atomic E-state index is 11.4. The van der Waals surface area contributed by atoms with E-state index < -0.39 is 0 Å². The maximum Gasteiger partial charge on any atom is 0.302 e. The normalized spacial score (nSPS) is 40.1. The fourth-order valence-electron chi connectivity index (χ4n) is 5.35. The molecular formula is C20H34NO3+. The molecule has 5 atom stereocenters. The fraction of sp³-hybridized carbons (Fsp3) is 0.850. The predicted molar refractivity (Wildman–Crippen MR) is 93.8 cm³/mol. The lowest BCUT2D eigenvalue weighted by Gasteiger charge is -2.55. The van der Waals surface area contributed by atoms with Crippen LogP contribution in [0.25, 0.3) is 0 Å². The summed E-state index contributed by atoms with van der Waals surface area (Å²) in [5.41, 5.74) is 1.40. The number of likely N-dealkylation sites (tertiary alicyclic amines) is 1. The van der Waals surface area contributed by atoms with E-state index in [2.05, 4.69) is 26.8 Å². The summed E-state index contributed by atoms with van der Waals surface area (Å²) in [6, 6.07) is 0. The van der Waals surface area contributed by atoms with Crippen LogP contribution in [-0.4, -0.2) is 44.9 Å². The third-order valence-corrected chi connectivity index (χ3v) is 6.95. The van der Waals surface area contributed by atoms with Crippen LogP contribution in [0, 0.1) is 23.2 Å². The molecule has 0 aromatic rings. The number of carbonyl (C=O) groups excluding carboxylic acids is 1. The third-order valence-electron chi connectivity index (χ3n) is 6.95. The average molecular weight is 336 g/mol. The van der Waals surface area contributed by atoms with Crippen molar-refractivity contribution in [2.75, 3.05) is 32.8 Å². The number of hydrogen-bond donors (Lipinski definition) is 1. The van der Waals surface area contributed by atoms with Crippen LogP contribution in [0.2, 0.25) is 0 Å². The molecule has 0 saturated carbocycles. The summed E-state index contributed by atoms with van der Waals surface area (Å²) in [5, 5.41) is 0. The number of piperidine rings is 1. The Morgan fingerprint density at radius 1 is 1.33 bits per heavy atom. The summed E-state index contributed by atoms with van der Waals surface area (Å²) in [6.45, 7) is 13.3.